The molecule has 0 saturated carbocycles. The molecule has 0 unspecified atom stereocenters. The zero-order chi connectivity index (χ0) is 15.5. The minimum absolute atomic E-state index is 0.144. The summed E-state index contributed by atoms with van der Waals surface area (Å²) >= 11 is 0. The molecule has 114 valence electrons. The van der Waals surface area contributed by atoms with Gasteiger partial charge in [0.15, 0.2) is 0 Å². The topological polar surface area (TPSA) is 23.6 Å². The second-order valence-corrected chi connectivity index (χ2v) is 6.04. The normalized spacial score (nSPS) is 15.9. The predicted octanol–water partition coefficient (Wildman–Crippen LogP) is 2.87. The Hall–Kier alpha value is -2.13. The number of likely N-dealkylation sites (N-methyl/N-ethyl adjacent to an activating group) is 1. The number of benzene rings is 2. The molecule has 0 fully saturated rings. The highest BCUT2D eigenvalue weighted by Crippen LogP contribution is 2.29. The predicted molar refractivity (Wildman–Crippen MR) is 88.4 cm³/mol. The van der Waals surface area contributed by atoms with Crippen molar-refractivity contribution in [2.45, 2.75) is 19.0 Å². The molecular formula is C19H22N2O. The minimum Gasteiger partial charge on any atom is -0.347 e. The molecule has 1 atom stereocenters. The van der Waals surface area contributed by atoms with Crippen molar-refractivity contribution in [3.63, 3.8) is 0 Å². The van der Waals surface area contributed by atoms with E-state index in [1.54, 1.807) is 4.90 Å². The fraction of sp³-hybridized carbons (Fsp3) is 0.316. The Balaban J connectivity index is 1.92. The standard InChI is InChI=1S/C19H22N2O/c1-20(2)19(22)18(16-9-4-3-5-10-16)21-13-12-15-8-6-7-11-17(15)14-21/h3-11,18H,12-14H2,1-2H3/t18-/m1/s1. The molecule has 0 spiro atoms. The summed E-state index contributed by atoms with van der Waals surface area (Å²) in [6, 6.07) is 18.4. The van der Waals surface area contributed by atoms with Crippen LogP contribution in [0.1, 0.15) is 22.7 Å². The van der Waals surface area contributed by atoms with Gasteiger partial charge in [0.25, 0.3) is 0 Å². The Morgan fingerprint density at radius 2 is 1.64 bits per heavy atom. The van der Waals surface area contributed by atoms with Crippen molar-refractivity contribution < 1.29 is 4.79 Å². The van der Waals surface area contributed by atoms with Gasteiger partial charge in [0.1, 0.15) is 6.04 Å². The van der Waals surface area contributed by atoms with Crippen LogP contribution < -0.4 is 0 Å². The first kappa shape index (κ1) is 14.8. The van der Waals surface area contributed by atoms with Crippen molar-refractivity contribution in [3.05, 3.63) is 71.3 Å². The summed E-state index contributed by atoms with van der Waals surface area (Å²) in [7, 11) is 3.66. The maximum Gasteiger partial charge on any atom is 0.244 e. The van der Waals surface area contributed by atoms with Crippen LogP contribution in [-0.2, 0) is 17.8 Å². The van der Waals surface area contributed by atoms with Crippen LogP contribution in [0.5, 0.6) is 0 Å². The highest BCUT2D eigenvalue weighted by Gasteiger charge is 2.31. The van der Waals surface area contributed by atoms with Gasteiger partial charge in [-0.05, 0) is 23.1 Å². The monoisotopic (exact) mass is 294 g/mol. The molecule has 0 aromatic heterocycles. The largest absolute Gasteiger partial charge is 0.347 e. The highest BCUT2D eigenvalue weighted by molar-refractivity contribution is 5.83. The third-order valence-corrected chi connectivity index (χ3v) is 4.32. The average molecular weight is 294 g/mol. The second kappa shape index (κ2) is 6.32. The van der Waals surface area contributed by atoms with Gasteiger partial charge in [0.2, 0.25) is 5.91 Å². The fourth-order valence-electron chi connectivity index (χ4n) is 3.13. The number of rotatable bonds is 3. The molecule has 0 bridgehead atoms. The van der Waals surface area contributed by atoms with E-state index in [0.717, 1.165) is 25.1 Å². The Morgan fingerprint density at radius 3 is 2.32 bits per heavy atom. The van der Waals surface area contributed by atoms with E-state index >= 15 is 0 Å². The summed E-state index contributed by atoms with van der Waals surface area (Å²) in [5, 5.41) is 0. The van der Waals surface area contributed by atoms with Crippen molar-refractivity contribution >= 4 is 5.91 Å². The molecule has 0 saturated heterocycles. The number of fused-ring (bicyclic) bond motifs is 1. The van der Waals surface area contributed by atoms with Gasteiger partial charge in [-0.15, -0.1) is 0 Å². The lowest BCUT2D eigenvalue weighted by Gasteiger charge is -2.36. The molecule has 22 heavy (non-hydrogen) atoms. The van der Waals surface area contributed by atoms with Gasteiger partial charge in [-0.25, -0.2) is 0 Å². The number of hydrogen-bond acceptors (Lipinski definition) is 2. The maximum absolute atomic E-state index is 12.7. The van der Waals surface area contributed by atoms with Gasteiger partial charge in [0, 0.05) is 27.2 Å². The highest BCUT2D eigenvalue weighted by atomic mass is 16.2. The van der Waals surface area contributed by atoms with Gasteiger partial charge < -0.3 is 4.90 Å². The van der Waals surface area contributed by atoms with Crippen molar-refractivity contribution in [2.24, 2.45) is 0 Å². The Kier molecular flexibility index (Phi) is 4.25. The lowest BCUT2D eigenvalue weighted by atomic mass is 9.96. The molecule has 0 N–H and O–H groups in total. The molecular weight excluding hydrogens is 272 g/mol. The number of amides is 1. The van der Waals surface area contributed by atoms with E-state index in [-0.39, 0.29) is 11.9 Å². The molecule has 1 aliphatic rings. The second-order valence-electron chi connectivity index (χ2n) is 6.04. The summed E-state index contributed by atoms with van der Waals surface area (Å²) in [4.78, 5) is 16.7. The first-order valence-electron chi connectivity index (χ1n) is 7.74. The molecule has 2 aromatic rings. The molecule has 3 rings (SSSR count). The third-order valence-electron chi connectivity index (χ3n) is 4.32. The first-order chi connectivity index (χ1) is 10.7. The lowest BCUT2D eigenvalue weighted by Crippen LogP contribution is -2.42. The van der Waals surface area contributed by atoms with Gasteiger partial charge in [0.05, 0.1) is 0 Å². The van der Waals surface area contributed by atoms with E-state index in [1.165, 1.54) is 11.1 Å². The Labute approximate surface area is 132 Å². The quantitative estimate of drug-likeness (QED) is 0.869. The zero-order valence-corrected chi connectivity index (χ0v) is 13.2. The Bertz CT molecular complexity index is 651. The van der Waals surface area contributed by atoms with Crippen LogP contribution in [-0.4, -0.2) is 36.3 Å². The van der Waals surface area contributed by atoms with Crippen LogP contribution in [0.4, 0.5) is 0 Å². The van der Waals surface area contributed by atoms with Crippen LogP contribution in [0.3, 0.4) is 0 Å². The summed E-state index contributed by atoms with van der Waals surface area (Å²) in [5.41, 5.74) is 3.81. The van der Waals surface area contributed by atoms with Gasteiger partial charge in [-0.1, -0.05) is 54.6 Å². The van der Waals surface area contributed by atoms with E-state index in [0.29, 0.717) is 0 Å². The molecule has 1 heterocycles. The van der Waals surface area contributed by atoms with Crippen molar-refractivity contribution in [1.29, 1.82) is 0 Å². The number of carbonyl (C=O) groups excluding carboxylic acids is 1. The van der Waals surface area contributed by atoms with Crippen molar-refractivity contribution in [1.82, 2.24) is 9.80 Å². The molecule has 1 aliphatic heterocycles. The smallest absolute Gasteiger partial charge is 0.244 e. The van der Waals surface area contributed by atoms with Crippen molar-refractivity contribution in [3.8, 4) is 0 Å². The lowest BCUT2D eigenvalue weighted by molar-refractivity contribution is -0.135. The van der Waals surface area contributed by atoms with E-state index in [1.807, 2.05) is 44.4 Å². The SMILES string of the molecule is CN(C)C(=O)[C@@H](c1ccccc1)N1CCc2ccccc2C1. The summed E-state index contributed by atoms with van der Waals surface area (Å²) in [5.74, 6) is 0.144. The first-order valence-corrected chi connectivity index (χ1v) is 7.74. The third kappa shape index (κ3) is 2.90. The van der Waals surface area contributed by atoms with Crippen LogP contribution in [0.25, 0.3) is 0 Å². The molecule has 3 heteroatoms. The van der Waals surface area contributed by atoms with E-state index < -0.39 is 0 Å². The summed E-state index contributed by atoms with van der Waals surface area (Å²) in [6.07, 6.45) is 1.00. The van der Waals surface area contributed by atoms with Gasteiger partial charge in [-0.3, -0.25) is 9.69 Å². The average Bonchev–Trinajstić information content (AvgIpc) is 2.56. The summed E-state index contributed by atoms with van der Waals surface area (Å²) < 4.78 is 0. The number of carbonyl (C=O) groups is 1. The molecule has 2 aromatic carbocycles. The fourth-order valence-corrected chi connectivity index (χ4v) is 3.13. The summed E-state index contributed by atoms with van der Waals surface area (Å²) in [6.45, 7) is 1.74. The van der Waals surface area contributed by atoms with Crippen LogP contribution >= 0.6 is 0 Å². The van der Waals surface area contributed by atoms with Crippen LogP contribution in [0.15, 0.2) is 54.6 Å². The van der Waals surface area contributed by atoms with E-state index in [9.17, 15) is 4.79 Å². The van der Waals surface area contributed by atoms with Crippen LogP contribution in [0.2, 0.25) is 0 Å². The minimum atomic E-state index is -0.204. The molecule has 0 aliphatic carbocycles. The number of nitrogens with zero attached hydrogens (tertiary/aromatic N) is 2. The maximum atomic E-state index is 12.7. The molecule has 1 amide bonds. The van der Waals surface area contributed by atoms with Gasteiger partial charge >= 0.3 is 0 Å². The molecule has 0 radical (unpaired) electrons. The van der Waals surface area contributed by atoms with Crippen LogP contribution in [0, 0.1) is 0 Å². The van der Waals surface area contributed by atoms with E-state index in [4.69, 9.17) is 0 Å². The Morgan fingerprint density at radius 1 is 1.00 bits per heavy atom. The number of hydrogen-bond donors (Lipinski definition) is 0. The van der Waals surface area contributed by atoms with Crippen molar-refractivity contribution in [2.75, 3.05) is 20.6 Å². The van der Waals surface area contributed by atoms with E-state index in [2.05, 4.69) is 29.2 Å². The van der Waals surface area contributed by atoms with Gasteiger partial charge in [-0.2, -0.15) is 0 Å². The molecule has 3 nitrogen and oxygen atoms in total. The zero-order valence-electron chi connectivity index (χ0n) is 13.2.